The van der Waals surface area contributed by atoms with Crippen LogP contribution in [0.3, 0.4) is 0 Å². The van der Waals surface area contributed by atoms with Crippen LogP contribution in [0.2, 0.25) is 0 Å². The van der Waals surface area contributed by atoms with Crippen LogP contribution >= 0.6 is 0 Å². The second-order valence-electron chi connectivity index (χ2n) is 3.71. The van der Waals surface area contributed by atoms with E-state index in [1.807, 2.05) is 0 Å². The fraction of sp³-hybridized carbons (Fsp3) is 0.417. The van der Waals surface area contributed by atoms with E-state index in [0.717, 1.165) is 18.2 Å². The Balaban J connectivity index is 3.06. The number of likely N-dealkylation sites (N-methyl/N-ethyl adjacent to an activating group) is 1. The van der Waals surface area contributed by atoms with Crippen LogP contribution in [0.5, 0.6) is 0 Å². The Morgan fingerprint density at radius 1 is 1.47 bits per heavy atom. The van der Waals surface area contributed by atoms with Crippen molar-refractivity contribution in [2.45, 2.75) is 13.8 Å². The zero-order chi connectivity index (χ0) is 14.4. The third-order valence-corrected chi connectivity index (χ3v) is 2.48. The van der Waals surface area contributed by atoms with Crippen LogP contribution in [0.4, 0.5) is 15.8 Å². The predicted molar refractivity (Wildman–Crippen MR) is 67.6 cm³/mol. The largest absolute Gasteiger partial charge is 0.465 e. The van der Waals surface area contributed by atoms with Crippen LogP contribution in [0.15, 0.2) is 18.2 Å². The highest BCUT2D eigenvalue weighted by molar-refractivity contribution is 5.77. The number of hydrogen-bond acceptors (Lipinski definition) is 5. The number of nitro groups is 1. The highest BCUT2D eigenvalue weighted by atomic mass is 19.1. The smallest absolute Gasteiger partial charge is 0.325 e. The molecule has 0 radical (unpaired) electrons. The molecule has 0 heterocycles. The Kier molecular flexibility index (Phi) is 5.23. The molecule has 19 heavy (non-hydrogen) atoms. The van der Waals surface area contributed by atoms with Crippen molar-refractivity contribution in [3.8, 4) is 0 Å². The van der Waals surface area contributed by atoms with Gasteiger partial charge >= 0.3 is 5.97 Å². The molecule has 0 aromatic heterocycles. The second kappa shape index (κ2) is 6.67. The number of hydrogen-bond donors (Lipinski definition) is 0. The second-order valence-corrected chi connectivity index (χ2v) is 3.71. The number of ether oxygens (including phenoxy) is 1. The molecule has 0 saturated carbocycles. The van der Waals surface area contributed by atoms with E-state index in [4.69, 9.17) is 4.74 Å². The van der Waals surface area contributed by atoms with E-state index in [2.05, 4.69) is 0 Å². The summed E-state index contributed by atoms with van der Waals surface area (Å²) in [6.45, 7) is 3.77. The van der Waals surface area contributed by atoms with E-state index in [9.17, 15) is 19.3 Å². The van der Waals surface area contributed by atoms with E-state index in [0.29, 0.717) is 6.54 Å². The molecule has 0 aliphatic heterocycles. The minimum absolute atomic E-state index is 0.0700. The molecule has 1 aromatic rings. The van der Waals surface area contributed by atoms with Crippen LogP contribution in [-0.4, -0.2) is 30.6 Å². The van der Waals surface area contributed by atoms with Gasteiger partial charge in [0.1, 0.15) is 18.0 Å². The molecule has 0 atom stereocenters. The predicted octanol–water partition coefficient (Wildman–Crippen LogP) is 2.12. The Morgan fingerprint density at radius 3 is 2.68 bits per heavy atom. The molecule has 0 bridgehead atoms. The van der Waals surface area contributed by atoms with Crippen molar-refractivity contribution in [1.29, 1.82) is 0 Å². The standard InChI is InChI=1S/C12H15FN2O4/c1-3-14(8-12(16)19-4-2)11-7-9(13)5-6-10(11)15(17)18/h5-7H,3-4,8H2,1-2H3. The van der Waals surface area contributed by atoms with Crippen LogP contribution in [0.1, 0.15) is 13.8 Å². The van der Waals surface area contributed by atoms with Gasteiger partial charge in [-0.1, -0.05) is 0 Å². The molecular formula is C12H15FN2O4. The molecule has 0 saturated heterocycles. The fourth-order valence-electron chi connectivity index (χ4n) is 1.63. The average molecular weight is 270 g/mol. The van der Waals surface area contributed by atoms with E-state index >= 15 is 0 Å². The molecule has 0 aliphatic rings. The van der Waals surface area contributed by atoms with Gasteiger partial charge < -0.3 is 9.64 Å². The van der Waals surface area contributed by atoms with Gasteiger partial charge in [0, 0.05) is 18.7 Å². The maximum absolute atomic E-state index is 13.2. The molecule has 1 rings (SSSR count). The zero-order valence-electron chi connectivity index (χ0n) is 10.8. The molecule has 0 N–H and O–H groups in total. The zero-order valence-corrected chi connectivity index (χ0v) is 10.8. The summed E-state index contributed by atoms with van der Waals surface area (Å²) < 4.78 is 18.0. The number of esters is 1. The lowest BCUT2D eigenvalue weighted by Crippen LogP contribution is -2.31. The van der Waals surface area contributed by atoms with Gasteiger partial charge in [-0.2, -0.15) is 0 Å². The monoisotopic (exact) mass is 270 g/mol. The lowest BCUT2D eigenvalue weighted by molar-refractivity contribution is -0.384. The molecule has 6 nitrogen and oxygen atoms in total. The molecule has 0 unspecified atom stereocenters. The quantitative estimate of drug-likeness (QED) is 0.450. The number of carbonyl (C=O) groups is 1. The topological polar surface area (TPSA) is 72.7 Å². The Hall–Kier alpha value is -2.18. The maximum atomic E-state index is 13.2. The lowest BCUT2D eigenvalue weighted by Gasteiger charge is -2.21. The number of anilines is 1. The van der Waals surface area contributed by atoms with Gasteiger partial charge in [0.15, 0.2) is 0 Å². The number of carbonyl (C=O) groups excluding carboxylic acids is 1. The number of halogens is 1. The Bertz CT molecular complexity index is 479. The maximum Gasteiger partial charge on any atom is 0.325 e. The summed E-state index contributed by atoms with van der Waals surface area (Å²) in [4.78, 5) is 23.1. The first kappa shape index (κ1) is 14.9. The van der Waals surface area contributed by atoms with Crippen molar-refractivity contribution >= 4 is 17.3 Å². The molecular weight excluding hydrogens is 255 g/mol. The van der Waals surface area contributed by atoms with Gasteiger partial charge in [-0.25, -0.2) is 4.39 Å². The van der Waals surface area contributed by atoms with Crippen molar-refractivity contribution in [3.05, 3.63) is 34.1 Å². The number of benzene rings is 1. The lowest BCUT2D eigenvalue weighted by atomic mass is 10.2. The van der Waals surface area contributed by atoms with Gasteiger partial charge in [-0.3, -0.25) is 14.9 Å². The Labute approximate surface area is 109 Å². The third kappa shape index (κ3) is 3.90. The van der Waals surface area contributed by atoms with Gasteiger partial charge in [0.05, 0.1) is 11.5 Å². The summed E-state index contributed by atoms with van der Waals surface area (Å²) >= 11 is 0. The van der Waals surface area contributed by atoms with Crippen LogP contribution in [-0.2, 0) is 9.53 Å². The first-order valence-electron chi connectivity index (χ1n) is 5.84. The molecule has 0 spiro atoms. The highest BCUT2D eigenvalue weighted by Crippen LogP contribution is 2.28. The highest BCUT2D eigenvalue weighted by Gasteiger charge is 2.21. The SMILES string of the molecule is CCOC(=O)CN(CC)c1cc(F)ccc1[N+](=O)[O-]. The van der Waals surface area contributed by atoms with Crippen molar-refractivity contribution in [2.75, 3.05) is 24.6 Å². The molecule has 0 amide bonds. The van der Waals surface area contributed by atoms with E-state index in [1.165, 1.54) is 4.90 Å². The van der Waals surface area contributed by atoms with Crippen molar-refractivity contribution < 1.29 is 18.8 Å². The van der Waals surface area contributed by atoms with Crippen LogP contribution < -0.4 is 4.90 Å². The number of rotatable bonds is 6. The van der Waals surface area contributed by atoms with Crippen molar-refractivity contribution in [2.24, 2.45) is 0 Å². The van der Waals surface area contributed by atoms with Gasteiger partial charge in [-0.15, -0.1) is 0 Å². The van der Waals surface area contributed by atoms with E-state index in [1.54, 1.807) is 13.8 Å². The first-order valence-corrected chi connectivity index (χ1v) is 5.84. The minimum atomic E-state index is -0.609. The van der Waals surface area contributed by atoms with Crippen LogP contribution in [0.25, 0.3) is 0 Å². The molecule has 0 fully saturated rings. The summed E-state index contributed by atoms with van der Waals surface area (Å²) in [6, 6.07) is 3.14. The normalized spacial score (nSPS) is 10.1. The summed E-state index contributed by atoms with van der Waals surface area (Å²) in [5.41, 5.74) is -0.173. The number of nitrogens with zero attached hydrogens (tertiary/aromatic N) is 2. The number of nitro benzene ring substituents is 1. The molecule has 1 aromatic carbocycles. The summed E-state index contributed by atoms with van der Waals surface area (Å²) in [6.07, 6.45) is 0. The summed E-state index contributed by atoms with van der Waals surface area (Å²) in [5, 5.41) is 10.9. The van der Waals surface area contributed by atoms with Crippen molar-refractivity contribution in [3.63, 3.8) is 0 Å². The van der Waals surface area contributed by atoms with Crippen molar-refractivity contribution in [1.82, 2.24) is 0 Å². The first-order chi connectivity index (χ1) is 8.99. The fourth-order valence-corrected chi connectivity index (χ4v) is 1.63. The summed E-state index contributed by atoms with van der Waals surface area (Å²) in [7, 11) is 0. The third-order valence-electron chi connectivity index (χ3n) is 2.48. The van der Waals surface area contributed by atoms with Gasteiger partial charge in [0.25, 0.3) is 5.69 Å². The molecule has 104 valence electrons. The minimum Gasteiger partial charge on any atom is -0.465 e. The molecule has 7 heteroatoms. The van der Waals surface area contributed by atoms with Gasteiger partial charge in [0.2, 0.25) is 0 Å². The van der Waals surface area contributed by atoms with E-state index in [-0.39, 0.29) is 24.5 Å². The van der Waals surface area contributed by atoms with Crippen LogP contribution in [0, 0.1) is 15.9 Å². The Morgan fingerprint density at radius 2 is 2.16 bits per heavy atom. The summed E-state index contributed by atoms with van der Waals surface area (Å²) in [5.74, 6) is -1.11. The molecule has 0 aliphatic carbocycles. The van der Waals surface area contributed by atoms with Gasteiger partial charge in [-0.05, 0) is 19.9 Å². The average Bonchev–Trinajstić information content (AvgIpc) is 2.35. The van der Waals surface area contributed by atoms with E-state index < -0.39 is 16.7 Å².